The lowest BCUT2D eigenvalue weighted by molar-refractivity contribution is 0.00578. The van der Waals surface area contributed by atoms with Gasteiger partial charge in [0.15, 0.2) is 0 Å². The molecule has 0 amide bonds. The molecule has 0 bridgehead atoms. The van der Waals surface area contributed by atoms with E-state index < -0.39 is 28.3 Å². The SMILES string of the molecule is CN1CCCN(S(=O)(=O)c2ccc(B3OC(C)(C)C(C)(C)O3)cc2)CC1. The molecule has 8 heteroatoms. The smallest absolute Gasteiger partial charge is 0.399 e. The van der Waals surface area contributed by atoms with Gasteiger partial charge in [-0.05, 0) is 65.3 Å². The average molecular weight is 380 g/mol. The fourth-order valence-corrected chi connectivity index (χ4v) is 4.66. The van der Waals surface area contributed by atoms with Crippen LogP contribution in [0.5, 0.6) is 0 Å². The van der Waals surface area contributed by atoms with Gasteiger partial charge in [-0.3, -0.25) is 0 Å². The van der Waals surface area contributed by atoms with E-state index in [2.05, 4.69) is 4.90 Å². The van der Waals surface area contributed by atoms with E-state index in [0.717, 1.165) is 25.0 Å². The zero-order chi connectivity index (χ0) is 19.2. The van der Waals surface area contributed by atoms with E-state index in [1.54, 1.807) is 28.6 Å². The molecule has 0 spiro atoms. The summed E-state index contributed by atoms with van der Waals surface area (Å²) in [6.45, 7) is 10.8. The zero-order valence-electron chi connectivity index (χ0n) is 16.4. The van der Waals surface area contributed by atoms with Gasteiger partial charge in [0.05, 0.1) is 16.1 Å². The van der Waals surface area contributed by atoms with E-state index in [1.165, 1.54) is 0 Å². The monoisotopic (exact) mass is 380 g/mol. The highest BCUT2D eigenvalue weighted by atomic mass is 32.2. The fraction of sp³-hybridized carbons (Fsp3) is 0.667. The maximum atomic E-state index is 12.9. The predicted octanol–water partition coefficient (Wildman–Crippen LogP) is 1.31. The van der Waals surface area contributed by atoms with Gasteiger partial charge in [-0.2, -0.15) is 4.31 Å². The summed E-state index contributed by atoms with van der Waals surface area (Å²) in [5.74, 6) is 0. The van der Waals surface area contributed by atoms with Crippen LogP contribution in [0.25, 0.3) is 0 Å². The average Bonchev–Trinajstić information content (AvgIpc) is 2.70. The minimum absolute atomic E-state index is 0.322. The zero-order valence-corrected chi connectivity index (χ0v) is 17.2. The maximum Gasteiger partial charge on any atom is 0.494 e. The lowest BCUT2D eigenvalue weighted by Crippen LogP contribution is -2.41. The Morgan fingerprint density at radius 3 is 2.08 bits per heavy atom. The van der Waals surface area contributed by atoms with Crippen LogP contribution in [0.3, 0.4) is 0 Å². The lowest BCUT2D eigenvalue weighted by atomic mass is 9.79. The molecule has 1 aromatic carbocycles. The molecule has 0 atom stereocenters. The van der Waals surface area contributed by atoms with Crippen LogP contribution in [0.2, 0.25) is 0 Å². The second kappa shape index (κ2) is 6.91. The predicted molar refractivity (Wildman–Crippen MR) is 103 cm³/mol. The van der Waals surface area contributed by atoms with Crippen molar-refractivity contribution >= 4 is 22.6 Å². The summed E-state index contributed by atoms with van der Waals surface area (Å²) >= 11 is 0. The van der Waals surface area contributed by atoms with E-state index in [0.29, 0.717) is 18.0 Å². The molecule has 3 rings (SSSR count). The van der Waals surface area contributed by atoms with Crippen molar-refractivity contribution in [2.75, 3.05) is 33.2 Å². The molecular formula is C18H29BN2O4S. The number of benzene rings is 1. The normalized spacial score (nSPS) is 24.6. The maximum absolute atomic E-state index is 12.9. The number of likely N-dealkylation sites (N-methyl/N-ethyl adjacent to an activating group) is 1. The van der Waals surface area contributed by atoms with Gasteiger partial charge in [0.2, 0.25) is 10.0 Å². The van der Waals surface area contributed by atoms with Crippen LogP contribution in [-0.4, -0.2) is 69.2 Å². The van der Waals surface area contributed by atoms with Crippen molar-refractivity contribution in [3.8, 4) is 0 Å². The van der Waals surface area contributed by atoms with Crippen LogP contribution in [0, 0.1) is 0 Å². The molecule has 6 nitrogen and oxygen atoms in total. The van der Waals surface area contributed by atoms with Gasteiger partial charge in [0.1, 0.15) is 0 Å². The number of sulfonamides is 1. The first-order valence-electron chi connectivity index (χ1n) is 9.17. The Balaban J connectivity index is 1.77. The quantitative estimate of drug-likeness (QED) is 0.741. The topological polar surface area (TPSA) is 59.1 Å². The Morgan fingerprint density at radius 2 is 1.50 bits per heavy atom. The summed E-state index contributed by atoms with van der Waals surface area (Å²) in [6, 6.07) is 6.90. The first-order valence-corrected chi connectivity index (χ1v) is 10.6. The molecule has 2 fully saturated rings. The van der Waals surface area contributed by atoms with Gasteiger partial charge in [0, 0.05) is 19.6 Å². The second-order valence-corrected chi connectivity index (χ2v) is 10.2. The first-order chi connectivity index (χ1) is 12.0. The molecule has 0 aliphatic carbocycles. The molecule has 2 heterocycles. The van der Waals surface area contributed by atoms with Crippen molar-refractivity contribution in [3.05, 3.63) is 24.3 Å². The first kappa shape index (κ1) is 19.8. The Kier molecular flexibility index (Phi) is 5.27. The highest BCUT2D eigenvalue weighted by molar-refractivity contribution is 7.89. The molecule has 2 aliphatic rings. The molecular weight excluding hydrogens is 351 g/mol. The largest absolute Gasteiger partial charge is 0.494 e. The van der Waals surface area contributed by atoms with Gasteiger partial charge in [-0.1, -0.05) is 12.1 Å². The summed E-state index contributed by atoms with van der Waals surface area (Å²) in [5.41, 5.74) is -0.000690. The number of rotatable bonds is 3. The van der Waals surface area contributed by atoms with E-state index in [9.17, 15) is 8.42 Å². The van der Waals surface area contributed by atoms with Gasteiger partial charge >= 0.3 is 7.12 Å². The summed E-state index contributed by atoms with van der Waals surface area (Å²) < 4.78 is 39.5. The highest BCUT2D eigenvalue weighted by Gasteiger charge is 2.51. The van der Waals surface area contributed by atoms with Gasteiger partial charge < -0.3 is 14.2 Å². The standard InChI is InChI=1S/C18H29BN2O4S/c1-17(2)18(3,4)25-19(24-17)15-7-9-16(10-8-15)26(22,23)21-12-6-11-20(5)13-14-21/h7-10H,6,11-14H2,1-5H3. The molecule has 0 N–H and O–H groups in total. The molecule has 0 radical (unpaired) electrons. The van der Waals surface area contributed by atoms with Gasteiger partial charge in [-0.15, -0.1) is 0 Å². The molecule has 2 aliphatic heterocycles. The summed E-state index contributed by atoms with van der Waals surface area (Å²) in [4.78, 5) is 2.49. The van der Waals surface area contributed by atoms with Crippen molar-refractivity contribution in [2.45, 2.75) is 50.2 Å². The highest BCUT2D eigenvalue weighted by Crippen LogP contribution is 2.36. The second-order valence-electron chi connectivity index (χ2n) is 8.22. The van der Waals surface area contributed by atoms with Crippen LogP contribution in [0.4, 0.5) is 0 Å². The summed E-state index contributed by atoms with van der Waals surface area (Å²) in [6.07, 6.45) is 0.849. The number of nitrogens with zero attached hydrogens (tertiary/aromatic N) is 2. The minimum atomic E-state index is -3.47. The molecule has 0 aromatic heterocycles. The van der Waals surface area contributed by atoms with Crippen LogP contribution in [0.15, 0.2) is 29.2 Å². The van der Waals surface area contributed by atoms with E-state index in [1.807, 2.05) is 34.7 Å². The fourth-order valence-electron chi connectivity index (χ4n) is 3.19. The molecule has 1 aromatic rings. The van der Waals surface area contributed by atoms with Gasteiger partial charge in [-0.25, -0.2) is 8.42 Å². The number of hydrogen-bond acceptors (Lipinski definition) is 5. The Bertz CT molecular complexity index is 733. The Morgan fingerprint density at radius 1 is 0.923 bits per heavy atom. The molecule has 2 saturated heterocycles. The molecule has 0 saturated carbocycles. The van der Waals surface area contributed by atoms with Crippen molar-refractivity contribution in [1.82, 2.24) is 9.21 Å². The van der Waals surface area contributed by atoms with Crippen LogP contribution in [-0.2, 0) is 19.3 Å². The summed E-state index contributed by atoms with van der Waals surface area (Å²) in [7, 11) is -1.93. The van der Waals surface area contributed by atoms with Crippen LogP contribution in [0.1, 0.15) is 34.1 Å². The molecule has 144 valence electrons. The van der Waals surface area contributed by atoms with Crippen molar-refractivity contribution in [1.29, 1.82) is 0 Å². The minimum Gasteiger partial charge on any atom is -0.399 e. The Hall–Kier alpha value is -0.925. The van der Waals surface area contributed by atoms with Crippen LogP contribution < -0.4 is 5.46 Å². The van der Waals surface area contributed by atoms with Crippen molar-refractivity contribution in [3.63, 3.8) is 0 Å². The third-order valence-electron chi connectivity index (χ3n) is 5.72. The molecule has 0 unspecified atom stereocenters. The summed E-state index contributed by atoms with van der Waals surface area (Å²) in [5, 5.41) is 0. The van der Waals surface area contributed by atoms with Gasteiger partial charge in [0.25, 0.3) is 0 Å². The van der Waals surface area contributed by atoms with Crippen LogP contribution >= 0.6 is 0 Å². The van der Waals surface area contributed by atoms with E-state index in [4.69, 9.17) is 9.31 Å². The Labute approximate surface area is 157 Å². The molecule has 26 heavy (non-hydrogen) atoms. The van der Waals surface area contributed by atoms with E-state index >= 15 is 0 Å². The number of hydrogen-bond donors (Lipinski definition) is 0. The van der Waals surface area contributed by atoms with Crippen molar-refractivity contribution in [2.24, 2.45) is 0 Å². The lowest BCUT2D eigenvalue weighted by Gasteiger charge is -2.32. The third kappa shape index (κ3) is 3.71. The third-order valence-corrected chi connectivity index (χ3v) is 7.63. The van der Waals surface area contributed by atoms with E-state index in [-0.39, 0.29) is 0 Å². The van der Waals surface area contributed by atoms with Crippen molar-refractivity contribution < 1.29 is 17.7 Å².